The average Bonchev–Trinajstić information content (AvgIpc) is 2.72. The van der Waals surface area contributed by atoms with Crippen LogP contribution >= 0.6 is 11.6 Å². The molecule has 0 bridgehead atoms. The van der Waals surface area contributed by atoms with E-state index < -0.39 is 5.91 Å². The van der Waals surface area contributed by atoms with Crippen LogP contribution in [0.3, 0.4) is 0 Å². The van der Waals surface area contributed by atoms with Crippen molar-refractivity contribution in [1.82, 2.24) is 5.32 Å². The Balaban J connectivity index is 2.22. The molecule has 0 aliphatic carbocycles. The van der Waals surface area contributed by atoms with Gasteiger partial charge in [0.1, 0.15) is 11.6 Å². The van der Waals surface area contributed by atoms with E-state index in [1.807, 2.05) is 50.2 Å². The van der Waals surface area contributed by atoms with Gasteiger partial charge in [-0.2, -0.15) is 5.26 Å². The molecule has 6 heteroatoms. The number of hydrogen-bond donors (Lipinski definition) is 1. The van der Waals surface area contributed by atoms with Crippen LogP contribution in [0.25, 0.3) is 6.08 Å². The molecule has 0 aliphatic rings. The highest BCUT2D eigenvalue weighted by Gasteiger charge is 2.15. The van der Waals surface area contributed by atoms with E-state index in [2.05, 4.69) is 5.32 Å². The zero-order valence-electron chi connectivity index (χ0n) is 16.2. The van der Waals surface area contributed by atoms with E-state index in [1.54, 1.807) is 12.1 Å². The van der Waals surface area contributed by atoms with E-state index in [9.17, 15) is 10.1 Å². The summed E-state index contributed by atoms with van der Waals surface area (Å²) in [4.78, 5) is 12.4. The molecule has 1 amide bonds. The van der Waals surface area contributed by atoms with Crippen molar-refractivity contribution in [3.63, 3.8) is 0 Å². The molecule has 146 valence electrons. The number of nitrogens with zero attached hydrogens (tertiary/aromatic N) is 1. The lowest BCUT2D eigenvalue weighted by Gasteiger charge is -2.17. The van der Waals surface area contributed by atoms with E-state index in [-0.39, 0.29) is 11.7 Å². The lowest BCUT2D eigenvalue weighted by molar-refractivity contribution is -0.117. The van der Waals surface area contributed by atoms with Crippen LogP contribution in [0.1, 0.15) is 31.4 Å². The van der Waals surface area contributed by atoms with Gasteiger partial charge in [0.05, 0.1) is 18.2 Å². The smallest absolute Gasteiger partial charge is 0.262 e. The van der Waals surface area contributed by atoms with Crippen LogP contribution < -0.4 is 14.8 Å². The SMILES string of the molecule is CC[C@H](C)Oc1c(Cl)cc(/C=C(/C#N)C(=O)NCc2ccccc2)cc1OC. The van der Waals surface area contributed by atoms with Crippen LogP contribution in [0.4, 0.5) is 0 Å². The number of halogens is 1. The van der Waals surface area contributed by atoms with E-state index in [0.29, 0.717) is 28.6 Å². The third kappa shape index (κ3) is 5.77. The van der Waals surface area contributed by atoms with Crippen molar-refractivity contribution in [2.45, 2.75) is 32.9 Å². The van der Waals surface area contributed by atoms with Crippen molar-refractivity contribution >= 4 is 23.6 Å². The van der Waals surface area contributed by atoms with Gasteiger partial charge in [-0.05, 0) is 42.7 Å². The van der Waals surface area contributed by atoms with Gasteiger partial charge in [0.25, 0.3) is 5.91 Å². The van der Waals surface area contributed by atoms with E-state index in [0.717, 1.165) is 12.0 Å². The van der Waals surface area contributed by atoms with Gasteiger partial charge in [-0.1, -0.05) is 48.9 Å². The molecule has 0 spiro atoms. The molecule has 0 aliphatic heterocycles. The Morgan fingerprint density at radius 3 is 2.64 bits per heavy atom. The molecule has 2 aromatic rings. The Morgan fingerprint density at radius 2 is 2.04 bits per heavy atom. The van der Waals surface area contributed by atoms with Crippen molar-refractivity contribution in [1.29, 1.82) is 5.26 Å². The second-order valence-electron chi connectivity index (χ2n) is 6.21. The Kier molecular flexibility index (Phi) is 7.91. The zero-order chi connectivity index (χ0) is 20.5. The second kappa shape index (κ2) is 10.4. The average molecular weight is 399 g/mol. The molecule has 0 fully saturated rings. The topological polar surface area (TPSA) is 71.3 Å². The quantitative estimate of drug-likeness (QED) is 0.514. The predicted molar refractivity (Wildman–Crippen MR) is 110 cm³/mol. The number of hydrogen-bond acceptors (Lipinski definition) is 4. The lowest BCUT2D eigenvalue weighted by atomic mass is 10.1. The first-order valence-electron chi connectivity index (χ1n) is 8.96. The van der Waals surface area contributed by atoms with Crippen molar-refractivity contribution < 1.29 is 14.3 Å². The largest absolute Gasteiger partial charge is 0.493 e. The highest BCUT2D eigenvalue weighted by Crippen LogP contribution is 2.37. The number of carbonyl (C=O) groups excluding carboxylic acids is 1. The molecular formula is C22H23ClN2O3. The van der Waals surface area contributed by atoms with Gasteiger partial charge in [0.2, 0.25) is 0 Å². The van der Waals surface area contributed by atoms with Crippen LogP contribution in [-0.4, -0.2) is 19.1 Å². The summed E-state index contributed by atoms with van der Waals surface area (Å²) in [5, 5.41) is 12.5. The van der Waals surface area contributed by atoms with E-state index in [1.165, 1.54) is 13.2 Å². The number of benzene rings is 2. The number of nitrogens with one attached hydrogen (secondary N) is 1. The molecular weight excluding hydrogens is 376 g/mol. The van der Waals surface area contributed by atoms with Gasteiger partial charge in [-0.3, -0.25) is 4.79 Å². The highest BCUT2D eigenvalue weighted by molar-refractivity contribution is 6.32. The molecule has 0 saturated heterocycles. The number of nitriles is 1. The summed E-state index contributed by atoms with van der Waals surface area (Å²) in [7, 11) is 1.51. The summed E-state index contributed by atoms with van der Waals surface area (Å²) in [6.07, 6.45) is 2.27. The van der Waals surface area contributed by atoms with Crippen molar-refractivity contribution in [3.05, 3.63) is 64.2 Å². The van der Waals surface area contributed by atoms with E-state index in [4.69, 9.17) is 21.1 Å². The van der Waals surface area contributed by atoms with Crippen LogP contribution in [0.2, 0.25) is 5.02 Å². The monoisotopic (exact) mass is 398 g/mol. The molecule has 0 aromatic heterocycles. The maximum atomic E-state index is 12.4. The number of ether oxygens (including phenoxy) is 2. The van der Waals surface area contributed by atoms with Gasteiger partial charge >= 0.3 is 0 Å². The Morgan fingerprint density at radius 1 is 1.32 bits per heavy atom. The van der Waals surface area contributed by atoms with Crippen molar-refractivity contribution in [2.75, 3.05) is 7.11 Å². The third-order valence-corrected chi connectivity index (χ3v) is 4.40. The highest BCUT2D eigenvalue weighted by atomic mass is 35.5. The van der Waals surface area contributed by atoms with Crippen LogP contribution in [0, 0.1) is 11.3 Å². The minimum absolute atomic E-state index is 0.0220. The van der Waals surface area contributed by atoms with Gasteiger partial charge in [0.15, 0.2) is 11.5 Å². The Hall–Kier alpha value is -2.97. The maximum absolute atomic E-state index is 12.4. The molecule has 0 heterocycles. The summed E-state index contributed by atoms with van der Waals surface area (Å²) >= 11 is 6.34. The first-order chi connectivity index (χ1) is 13.5. The Bertz CT molecular complexity index is 889. The summed E-state index contributed by atoms with van der Waals surface area (Å²) in [6, 6.07) is 14.7. The molecule has 2 rings (SSSR count). The maximum Gasteiger partial charge on any atom is 0.262 e. The summed E-state index contributed by atoms with van der Waals surface area (Å²) in [5.41, 5.74) is 1.50. The lowest BCUT2D eigenvalue weighted by Crippen LogP contribution is -2.23. The standard InChI is InChI=1S/C22H23ClN2O3/c1-4-15(2)28-21-19(23)11-17(12-20(21)27-3)10-18(13-24)22(26)25-14-16-8-6-5-7-9-16/h5-12,15H,4,14H2,1-3H3,(H,25,26)/b18-10-/t15-/m0/s1. The molecule has 5 nitrogen and oxygen atoms in total. The molecule has 0 radical (unpaired) electrons. The Labute approximate surface area is 170 Å². The van der Waals surface area contributed by atoms with Gasteiger partial charge in [-0.25, -0.2) is 0 Å². The number of rotatable bonds is 8. The molecule has 28 heavy (non-hydrogen) atoms. The van der Waals surface area contributed by atoms with Gasteiger partial charge < -0.3 is 14.8 Å². The minimum atomic E-state index is -0.457. The van der Waals surface area contributed by atoms with Crippen molar-refractivity contribution in [3.8, 4) is 17.6 Å². The van der Waals surface area contributed by atoms with Crippen molar-refractivity contribution in [2.24, 2.45) is 0 Å². The predicted octanol–water partition coefficient (Wildman–Crippen LogP) is 4.75. The minimum Gasteiger partial charge on any atom is -0.493 e. The van der Waals surface area contributed by atoms with Crippen LogP contribution in [-0.2, 0) is 11.3 Å². The first kappa shape index (κ1) is 21.3. The second-order valence-corrected chi connectivity index (χ2v) is 6.62. The summed E-state index contributed by atoms with van der Waals surface area (Å²) < 4.78 is 11.2. The number of carbonyl (C=O) groups is 1. The molecule has 1 N–H and O–H groups in total. The number of amides is 1. The van der Waals surface area contributed by atoms with Gasteiger partial charge in [0, 0.05) is 6.54 Å². The van der Waals surface area contributed by atoms with Crippen LogP contribution in [0.15, 0.2) is 48.0 Å². The fourth-order valence-corrected chi connectivity index (χ4v) is 2.67. The normalized spacial score (nSPS) is 12.0. The molecule has 0 saturated carbocycles. The fourth-order valence-electron chi connectivity index (χ4n) is 2.41. The fraction of sp³-hybridized carbons (Fsp3) is 0.273. The zero-order valence-corrected chi connectivity index (χ0v) is 16.9. The molecule has 0 unspecified atom stereocenters. The third-order valence-electron chi connectivity index (χ3n) is 4.12. The first-order valence-corrected chi connectivity index (χ1v) is 9.34. The van der Waals surface area contributed by atoms with E-state index >= 15 is 0 Å². The molecule has 1 atom stereocenters. The van der Waals surface area contributed by atoms with Crippen LogP contribution in [0.5, 0.6) is 11.5 Å². The summed E-state index contributed by atoms with van der Waals surface area (Å²) in [5.74, 6) is 0.435. The van der Waals surface area contributed by atoms with Gasteiger partial charge in [-0.15, -0.1) is 0 Å². The number of methoxy groups -OCH3 is 1. The summed E-state index contributed by atoms with van der Waals surface area (Å²) in [6.45, 7) is 4.29. The molecule has 2 aromatic carbocycles.